The average molecular weight is 365 g/mol. The van der Waals surface area contributed by atoms with Gasteiger partial charge in [-0.05, 0) is 48.9 Å². The van der Waals surface area contributed by atoms with Gasteiger partial charge in [-0.3, -0.25) is 4.79 Å². The molecule has 0 atom stereocenters. The number of methoxy groups -OCH3 is 1. The van der Waals surface area contributed by atoms with Gasteiger partial charge in [0, 0.05) is 26.3 Å². The highest BCUT2D eigenvalue weighted by Crippen LogP contribution is 2.25. The van der Waals surface area contributed by atoms with Crippen molar-refractivity contribution >= 4 is 17.1 Å². The van der Waals surface area contributed by atoms with E-state index in [9.17, 15) is 4.79 Å². The van der Waals surface area contributed by atoms with Crippen molar-refractivity contribution in [3.05, 3.63) is 47.7 Å². The number of nitrogens with zero attached hydrogens (tertiary/aromatic N) is 5. The quantitative estimate of drug-likeness (QED) is 0.710. The molecular weight excluding hydrogens is 342 g/mol. The standard InChI is InChI=1S/C20H23N5O2/c1-24-19-18(22-23-24)17(7-10-21-19)20(26)25-11-8-15(9-12-25)13-14-3-5-16(27-2)6-4-14/h3-7,10,15H,8-9,11-13H2,1-2H3. The first-order valence-corrected chi connectivity index (χ1v) is 9.22. The van der Waals surface area contributed by atoms with Crippen molar-refractivity contribution in [2.75, 3.05) is 20.2 Å². The molecule has 140 valence electrons. The van der Waals surface area contributed by atoms with Gasteiger partial charge < -0.3 is 9.64 Å². The molecule has 7 nitrogen and oxygen atoms in total. The highest BCUT2D eigenvalue weighted by molar-refractivity contribution is 6.03. The number of ether oxygens (including phenoxy) is 1. The maximum atomic E-state index is 13.0. The Hall–Kier alpha value is -2.96. The number of carbonyl (C=O) groups excluding carboxylic acids is 1. The van der Waals surface area contributed by atoms with Gasteiger partial charge in [0.15, 0.2) is 5.65 Å². The summed E-state index contributed by atoms with van der Waals surface area (Å²) in [6.45, 7) is 1.54. The van der Waals surface area contributed by atoms with Gasteiger partial charge >= 0.3 is 0 Å². The minimum Gasteiger partial charge on any atom is -0.497 e. The average Bonchev–Trinajstić information content (AvgIpc) is 3.10. The van der Waals surface area contributed by atoms with Gasteiger partial charge in [0.05, 0.1) is 12.7 Å². The highest BCUT2D eigenvalue weighted by Gasteiger charge is 2.26. The molecule has 27 heavy (non-hydrogen) atoms. The third-order valence-electron chi connectivity index (χ3n) is 5.31. The summed E-state index contributed by atoms with van der Waals surface area (Å²) in [6, 6.07) is 9.99. The maximum Gasteiger partial charge on any atom is 0.256 e. The summed E-state index contributed by atoms with van der Waals surface area (Å²) in [6.07, 6.45) is 4.70. The minimum atomic E-state index is 0.0193. The number of carbonyl (C=O) groups is 1. The first-order chi connectivity index (χ1) is 13.2. The second-order valence-corrected chi connectivity index (χ2v) is 7.03. The molecule has 0 saturated carbocycles. The Bertz CT molecular complexity index is 943. The minimum absolute atomic E-state index is 0.0193. The van der Waals surface area contributed by atoms with Crippen LogP contribution >= 0.6 is 0 Å². The van der Waals surface area contributed by atoms with Gasteiger partial charge in [0.2, 0.25) is 0 Å². The zero-order valence-corrected chi connectivity index (χ0v) is 15.6. The topological polar surface area (TPSA) is 73.1 Å². The molecule has 0 unspecified atom stereocenters. The van der Waals surface area contributed by atoms with Gasteiger partial charge in [0.25, 0.3) is 5.91 Å². The molecule has 0 bridgehead atoms. The number of aryl methyl sites for hydroxylation is 1. The van der Waals surface area contributed by atoms with E-state index in [0.29, 0.717) is 22.6 Å². The largest absolute Gasteiger partial charge is 0.497 e. The molecular formula is C20H23N5O2. The Morgan fingerprint density at radius 1 is 1.19 bits per heavy atom. The lowest BCUT2D eigenvalue weighted by molar-refractivity contribution is 0.0692. The normalized spacial score (nSPS) is 15.3. The van der Waals surface area contributed by atoms with E-state index in [2.05, 4.69) is 27.4 Å². The number of fused-ring (bicyclic) bond motifs is 1. The Morgan fingerprint density at radius 2 is 1.93 bits per heavy atom. The van der Waals surface area contributed by atoms with Gasteiger partial charge in [0.1, 0.15) is 11.3 Å². The van der Waals surface area contributed by atoms with Crippen molar-refractivity contribution in [3.8, 4) is 5.75 Å². The predicted octanol–water partition coefficient (Wildman–Crippen LogP) is 2.47. The monoisotopic (exact) mass is 365 g/mol. The van der Waals surface area contributed by atoms with Gasteiger partial charge in [-0.2, -0.15) is 0 Å². The lowest BCUT2D eigenvalue weighted by Crippen LogP contribution is -2.39. The molecule has 0 N–H and O–H groups in total. The molecule has 0 spiro atoms. The van der Waals surface area contributed by atoms with E-state index in [4.69, 9.17) is 4.74 Å². The van der Waals surface area contributed by atoms with E-state index in [1.807, 2.05) is 17.0 Å². The lowest BCUT2D eigenvalue weighted by Gasteiger charge is -2.32. The van der Waals surface area contributed by atoms with Crippen LogP contribution in [0.5, 0.6) is 5.75 Å². The molecule has 2 aromatic heterocycles. The van der Waals surface area contributed by atoms with E-state index in [1.165, 1.54) is 5.56 Å². The fourth-order valence-corrected chi connectivity index (χ4v) is 3.71. The number of benzene rings is 1. The summed E-state index contributed by atoms with van der Waals surface area (Å²) in [7, 11) is 3.46. The van der Waals surface area contributed by atoms with Crippen LogP contribution in [-0.4, -0.2) is 51.0 Å². The van der Waals surface area contributed by atoms with Crippen LogP contribution in [0.3, 0.4) is 0 Å². The zero-order chi connectivity index (χ0) is 18.8. The van der Waals surface area contributed by atoms with Crippen LogP contribution in [0.15, 0.2) is 36.5 Å². The Kier molecular flexibility index (Phi) is 4.75. The number of piperidine rings is 1. The van der Waals surface area contributed by atoms with E-state index < -0.39 is 0 Å². The third kappa shape index (κ3) is 3.49. The van der Waals surface area contributed by atoms with Crippen molar-refractivity contribution in [3.63, 3.8) is 0 Å². The summed E-state index contributed by atoms with van der Waals surface area (Å²) < 4.78 is 6.80. The molecule has 1 saturated heterocycles. The van der Waals surface area contributed by atoms with E-state index in [0.717, 1.165) is 38.1 Å². The summed E-state index contributed by atoms with van der Waals surface area (Å²) in [4.78, 5) is 19.1. The molecule has 1 aromatic carbocycles. The zero-order valence-electron chi connectivity index (χ0n) is 15.6. The predicted molar refractivity (Wildman–Crippen MR) is 102 cm³/mol. The summed E-state index contributed by atoms with van der Waals surface area (Å²) in [5.74, 6) is 1.49. The fourth-order valence-electron chi connectivity index (χ4n) is 3.71. The smallest absolute Gasteiger partial charge is 0.256 e. The second kappa shape index (κ2) is 7.34. The van der Waals surface area contributed by atoms with Crippen molar-refractivity contribution in [2.24, 2.45) is 13.0 Å². The van der Waals surface area contributed by atoms with Crippen LogP contribution in [0.2, 0.25) is 0 Å². The van der Waals surface area contributed by atoms with Crippen LogP contribution in [-0.2, 0) is 13.5 Å². The van der Waals surface area contributed by atoms with E-state index in [-0.39, 0.29) is 5.91 Å². The first kappa shape index (κ1) is 17.5. The third-order valence-corrected chi connectivity index (χ3v) is 5.31. The lowest BCUT2D eigenvalue weighted by atomic mass is 9.90. The highest BCUT2D eigenvalue weighted by atomic mass is 16.5. The van der Waals surface area contributed by atoms with Crippen LogP contribution < -0.4 is 4.74 Å². The van der Waals surface area contributed by atoms with Crippen LogP contribution in [0, 0.1) is 5.92 Å². The van der Waals surface area contributed by atoms with Gasteiger partial charge in [-0.25, -0.2) is 9.67 Å². The number of hydrogen-bond acceptors (Lipinski definition) is 5. The van der Waals surface area contributed by atoms with Crippen molar-refractivity contribution in [1.29, 1.82) is 0 Å². The van der Waals surface area contributed by atoms with E-state index >= 15 is 0 Å². The molecule has 3 aromatic rings. The Labute approximate surface area is 157 Å². The maximum absolute atomic E-state index is 13.0. The van der Waals surface area contributed by atoms with Gasteiger partial charge in [-0.1, -0.05) is 17.3 Å². The number of likely N-dealkylation sites (tertiary alicyclic amines) is 1. The molecule has 1 aliphatic rings. The first-order valence-electron chi connectivity index (χ1n) is 9.22. The van der Waals surface area contributed by atoms with Gasteiger partial charge in [-0.15, -0.1) is 5.10 Å². The molecule has 3 heterocycles. The second-order valence-electron chi connectivity index (χ2n) is 7.03. The number of aromatic nitrogens is 4. The molecule has 0 aliphatic carbocycles. The summed E-state index contributed by atoms with van der Waals surface area (Å²) in [5, 5.41) is 8.09. The summed E-state index contributed by atoms with van der Waals surface area (Å²) in [5.41, 5.74) is 3.11. The number of hydrogen-bond donors (Lipinski definition) is 0. The fraction of sp³-hybridized carbons (Fsp3) is 0.400. The molecule has 0 radical (unpaired) electrons. The SMILES string of the molecule is COc1ccc(CC2CCN(C(=O)c3ccnc4c3nnn4C)CC2)cc1. The van der Waals surface area contributed by atoms with Crippen LogP contribution in [0.1, 0.15) is 28.8 Å². The number of pyridine rings is 1. The molecule has 4 rings (SSSR count). The Balaban J connectivity index is 1.40. The number of rotatable bonds is 4. The van der Waals surface area contributed by atoms with Crippen molar-refractivity contribution < 1.29 is 9.53 Å². The molecule has 7 heteroatoms. The van der Waals surface area contributed by atoms with Crippen LogP contribution in [0.25, 0.3) is 11.2 Å². The molecule has 1 amide bonds. The molecule has 1 aliphatic heterocycles. The Morgan fingerprint density at radius 3 is 2.63 bits per heavy atom. The van der Waals surface area contributed by atoms with Crippen molar-refractivity contribution in [2.45, 2.75) is 19.3 Å². The van der Waals surface area contributed by atoms with Crippen LogP contribution in [0.4, 0.5) is 0 Å². The molecule has 1 fully saturated rings. The van der Waals surface area contributed by atoms with Crippen molar-refractivity contribution in [1.82, 2.24) is 24.9 Å². The summed E-state index contributed by atoms with van der Waals surface area (Å²) >= 11 is 0. The van der Waals surface area contributed by atoms with E-state index in [1.54, 1.807) is 31.1 Å². The number of amides is 1.